The van der Waals surface area contributed by atoms with Crippen molar-refractivity contribution in [3.05, 3.63) is 52.9 Å². The highest BCUT2D eigenvalue weighted by molar-refractivity contribution is 7.89. The number of carbonyl (C=O) groups is 1. The second-order valence-electron chi connectivity index (χ2n) is 10.2. The number of alkyl halides is 3. The zero-order valence-corrected chi connectivity index (χ0v) is 21.7. The summed E-state index contributed by atoms with van der Waals surface area (Å²) >= 11 is 0. The minimum Gasteiger partial charge on any atom is -0.444 e. The molecule has 210 valence electrons. The van der Waals surface area contributed by atoms with Crippen LogP contribution in [0.2, 0.25) is 0 Å². The van der Waals surface area contributed by atoms with Crippen LogP contribution in [0.5, 0.6) is 0 Å². The van der Waals surface area contributed by atoms with E-state index in [-0.39, 0.29) is 18.8 Å². The third kappa shape index (κ3) is 6.10. The molecule has 0 unspecified atom stereocenters. The molecule has 4 atom stereocenters. The van der Waals surface area contributed by atoms with Crippen LogP contribution in [0.1, 0.15) is 51.5 Å². The summed E-state index contributed by atoms with van der Waals surface area (Å²) in [4.78, 5) is 13.7. The Hall–Kier alpha value is -2.78. The van der Waals surface area contributed by atoms with E-state index < -0.39 is 75.8 Å². The molecule has 1 aromatic heterocycles. The van der Waals surface area contributed by atoms with E-state index >= 15 is 0 Å². The third-order valence-corrected chi connectivity index (χ3v) is 6.81. The number of halogens is 5. The summed E-state index contributed by atoms with van der Waals surface area (Å²) in [5.41, 5.74) is -1.11. The number of alkyl carbamates (subject to hydrolysis) is 1. The number of nitrogens with zero attached hydrogens (tertiary/aromatic N) is 3. The van der Waals surface area contributed by atoms with Gasteiger partial charge < -0.3 is 14.8 Å². The van der Waals surface area contributed by atoms with E-state index in [0.717, 1.165) is 29.5 Å². The van der Waals surface area contributed by atoms with Gasteiger partial charge in [-0.05, 0) is 45.4 Å². The molecule has 1 fully saturated rings. The normalized spacial score (nSPS) is 27.1. The second-order valence-corrected chi connectivity index (χ2v) is 12.0. The van der Waals surface area contributed by atoms with E-state index in [4.69, 9.17) is 10.8 Å². The molecule has 0 bridgehead atoms. The highest BCUT2D eigenvalue weighted by atomic mass is 32.2. The van der Waals surface area contributed by atoms with Crippen LogP contribution in [0.15, 0.2) is 24.4 Å². The van der Waals surface area contributed by atoms with Gasteiger partial charge in [-0.15, -0.1) is 0 Å². The maximum Gasteiger partial charge on any atom is 0.416 e. The molecule has 1 amide bonds. The van der Waals surface area contributed by atoms with E-state index in [9.17, 15) is 35.2 Å². The van der Waals surface area contributed by atoms with E-state index in [0.29, 0.717) is 15.7 Å². The zero-order valence-electron chi connectivity index (χ0n) is 21.8. The molecule has 0 spiro atoms. The van der Waals surface area contributed by atoms with Crippen LogP contribution in [0, 0.1) is 11.6 Å². The molecule has 2 aromatic rings. The average molecular weight is 568 g/mol. The SMILES string of the molecule is [2H][C@@]1(N2Cc3cn(S(C)(=O)=O)nc3C2)C[C@H](NC(=O)OC(C)(C)C)[C@@H](c2cc(F)ccc2F)O[C@@H]1C(F)(F)F. The fourth-order valence-corrected chi connectivity index (χ4v) is 4.99. The molecule has 1 N–H and O–H groups in total. The van der Waals surface area contributed by atoms with Crippen molar-refractivity contribution in [2.24, 2.45) is 0 Å². The number of hydrogen-bond acceptors (Lipinski definition) is 7. The number of aromatic nitrogens is 2. The number of amides is 1. The van der Waals surface area contributed by atoms with Crippen molar-refractivity contribution < 1.29 is 46.0 Å². The Kier molecular flexibility index (Phi) is 6.88. The van der Waals surface area contributed by atoms with Gasteiger partial charge in [-0.3, -0.25) is 4.90 Å². The highest BCUT2D eigenvalue weighted by Crippen LogP contribution is 2.43. The number of benzene rings is 1. The summed E-state index contributed by atoms with van der Waals surface area (Å²) in [5, 5.41) is 6.29. The molecule has 2 aliphatic heterocycles. The first kappa shape index (κ1) is 26.8. The Morgan fingerprint density at radius 1 is 1.24 bits per heavy atom. The lowest BCUT2D eigenvalue weighted by Gasteiger charge is -2.45. The molecule has 1 aromatic carbocycles. The molecule has 9 nitrogen and oxygen atoms in total. The standard InChI is InChI=1S/C23H27F5N4O5S/c1-22(2,3)37-21(33)29-16-8-18(31-9-12-10-32(38(4,34)35)30-17(12)11-31)20(23(26,27)28)36-19(16)14-7-13(24)5-6-15(14)25/h5-7,10,16,18-20H,8-9,11H2,1-4H3,(H,29,33)/t16-,18+,19+,20-/m0/s1/i18D. The first-order valence-corrected chi connectivity index (χ1v) is 13.3. The predicted molar refractivity (Wildman–Crippen MR) is 123 cm³/mol. The lowest BCUT2D eigenvalue weighted by atomic mass is 9.88. The van der Waals surface area contributed by atoms with Crippen LogP contribution in [0.25, 0.3) is 0 Å². The predicted octanol–water partition coefficient (Wildman–Crippen LogP) is 3.64. The lowest BCUT2D eigenvalue weighted by molar-refractivity contribution is -0.270. The molecule has 0 saturated carbocycles. The summed E-state index contributed by atoms with van der Waals surface area (Å²) in [6, 6.07) is -1.85. The van der Waals surface area contributed by atoms with E-state index in [2.05, 4.69) is 10.4 Å². The number of fused-ring (bicyclic) bond motifs is 1. The molecule has 3 heterocycles. The Morgan fingerprint density at radius 2 is 1.92 bits per heavy atom. The van der Waals surface area contributed by atoms with Crippen molar-refractivity contribution in [2.75, 3.05) is 6.26 Å². The van der Waals surface area contributed by atoms with Crippen LogP contribution < -0.4 is 5.32 Å². The Morgan fingerprint density at radius 3 is 2.50 bits per heavy atom. The first-order chi connectivity index (χ1) is 17.8. The molecule has 2 aliphatic rings. The highest BCUT2D eigenvalue weighted by Gasteiger charge is 2.55. The summed E-state index contributed by atoms with van der Waals surface area (Å²) in [5.74, 6) is -2.00. The van der Waals surface area contributed by atoms with E-state index in [1.165, 1.54) is 0 Å². The van der Waals surface area contributed by atoms with Crippen molar-refractivity contribution in [3.63, 3.8) is 0 Å². The van der Waals surface area contributed by atoms with Crippen LogP contribution in [-0.2, 0) is 32.6 Å². The zero-order chi connectivity index (χ0) is 29.1. The summed E-state index contributed by atoms with van der Waals surface area (Å²) < 4.78 is 116. The Balaban J connectivity index is 1.73. The molecule has 15 heteroatoms. The van der Waals surface area contributed by atoms with Crippen molar-refractivity contribution in [3.8, 4) is 0 Å². The smallest absolute Gasteiger partial charge is 0.416 e. The lowest BCUT2D eigenvalue weighted by Crippen LogP contribution is -2.59. The van der Waals surface area contributed by atoms with Crippen LogP contribution in [0.4, 0.5) is 26.7 Å². The van der Waals surface area contributed by atoms with Crippen molar-refractivity contribution >= 4 is 16.1 Å². The van der Waals surface area contributed by atoms with Gasteiger partial charge in [0.25, 0.3) is 10.0 Å². The van der Waals surface area contributed by atoms with Gasteiger partial charge in [0.05, 0.1) is 18.0 Å². The van der Waals surface area contributed by atoms with Gasteiger partial charge in [0, 0.05) is 37.8 Å². The quantitative estimate of drug-likeness (QED) is 0.563. The number of carbonyl (C=O) groups excluding carboxylic acids is 1. The van der Waals surface area contributed by atoms with E-state index in [1.807, 2.05) is 0 Å². The molecule has 1 saturated heterocycles. The molecular weight excluding hydrogens is 539 g/mol. The maximum atomic E-state index is 14.7. The Bertz CT molecular complexity index is 1360. The number of rotatable bonds is 4. The van der Waals surface area contributed by atoms with Gasteiger partial charge in [-0.2, -0.15) is 22.4 Å². The average Bonchev–Trinajstić information content (AvgIpc) is 3.33. The minimum atomic E-state index is -5.13. The van der Waals surface area contributed by atoms with Crippen LogP contribution in [0.3, 0.4) is 0 Å². The van der Waals surface area contributed by atoms with Crippen LogP contribution >= 0.6 is 0 Å². The molecule has 0 radical (unpaired) electrons. The number of ether oxygens (including phenoxy) is 2. The topological polar surface area (TPSA) is 103 Å². The van der Waals surface area contributed by atoms with Gasteiger partial charge >= 0.3 is 12.3 Å². The molecule has 4 rings (SSSR count). The van der Waals surface area contributed by atoms with E-state index in [1.54, 1.807) is 20.8 Å². The van der Waals surface area contributed by atoms with Crippen molar-refractivity contribution in [1.82, 2.24) is 19.4 Å². The summed E-state index contributed by atoms with van der Waals surface area (Å²) in [6.45, 7) is 4.07. The number of nitrogens with one attached hydrogen (secondary N) is 1. The van der Waals surface area contributed by atoms with Gasteiger partial charge in [0.1, 0.15) is 23.3 Å². The van der Waals surface area contributed by atoms with Gasteiger partial charge in [-0.25, -0.2) is 22.0 Å². The second kappa shape index (κ2) is 9.75. The molecule has 0 aliphatic carbocycles. The summed E-state index contributed by atoms with van der Waals surface area (Å²) in [7, 11) is -3.75. The fraction of sp³-hybridized carbons (Fsp3) is 0.565. The van der Waals surface area contributed by atoms with Crippen molar-refractivity contribution in [1.29, 1.82) is 0 Å². The molecule has 38 heavy (non-hydrogen) atoms. The monoisotopic (exact) mass is 567 g/mol. The molecular formula is C23H27F5N4O5S. The van der Waals surface area contributed by atoms with Gasteiger partial charge in [0.2, 0.25) is 0 Å². The van der Waals surface area contributed by atoms with Crippen LogP contribution in [-0.4, -0.2) is 64.8 Å². The fourth-order valence-electron chi connectivity index (χ4n) is 4.43. The van der Waals surface area contributed by atoms with Gasteiger partial charge in [-0.1, -0.05) is 0 Å². The first-order valence-electron chi connectivity index (χ1n) is 12.0. The summed E-state index contributed by atoms with van der Waals surface area (Å²) in [6.07, 6.45) is -9.49. The van der Waals surface area contributed by atoms with Gasteiger partial charge in [0.15, 0.2) is 6.10 Å². The minimum absolute atomic E-state index is 0.155. The number of hydrogen-bond donors (Lipinski definition) is 1. The van der Waals surface area contributed by atoms with Crippen molar-refractivity contribution in [2.45, 2.75) is 76.3 Å². The Labute approximate surface area is 217 Å². The largest absolute Gasteiger partial charge is 0.444 e. The third-order valence-electron chi connectivity index (χ3n) is 5.95. The maximum absolute atomic E-state index is 14.7.